The zero-order valence-corrected chi connectivity index (χ0v) is 14.0. The summed E-state index contributed by atoms with van der Waals surface area (Å²) in [4.78, 5) is 0. The molecule has 0 atom stereocenters. The van der Waals surface area contributed by atoms with Crippen LogP contribution in [0.3, 0.4) is 0 Å². The second-order valence-corrected chi connectivity index (χ2v) is 7.33. The molecule has 1 aromatic carbocycles. The quantitative estimate of drug-likeness (QED) is 0.831. The molecule has 1 aromatic rings. The Hall–Kier alpha value is -0.340. The Bertz CT molecular complexity index is 405. The largest absolute Gasteiger partial charge is 0.314 e. The number of benzene rings is 1. The van der Waals surface area contributed by atoms with Crippen molar-refractivity contribution in [3.8, 4) is 0 Å². The molecule has 1 N–H and O–H groups in total. The molecule has 19 heavy (non-hydrogen) atoms. The summed E-state index contributed by atoms with van der Waals surface area (Å²) in [6.45, 7) is 7.96. The van der Waals surface area contributed by atoms with Crippen molar-refractivity contribution < 1.29 is 0 Å². The highest BCUT2D eigenvalue weighted by Gasteiger charge is 2.36. The van der Waals surface area contributed by atoms with Crippen LogP contribution in [0.4, 0.5) is 0 Å². The first-order chi connectivity index (χ1) is 9.03. The summed E-state index contributed by atoms with van der Waals surface area (Å²) in [6.07, 6.45) is 5.30. The molecule has 0 heterocycles. The summed E-state index contributed by atoms with van der Waals surface area (Å²) < 4.78 is 1.27. The highest BCUT2D eigenvalue weighted by molar-refractivity contribution is 9.10. The van der Waals surface area contributed by atoms with Crippen molar-refractivity contribution >= 4 is 15.9 Å². The number of hydrogen-bond donors (Lipinski definition) is 1. The van der Waals surface area contributed by atoms with Gasteiger partial charge in [0.1, 0.15) is 0 Å². The maximum absolute atomic E-state index is 3.76. The van der Waals surface area contributed by atoms with Crippen molar-refractivity contribution in [2.24, 2.45) is 5.92 Å². The maximum atomic E-state index is 3.76. The molecule has 0 aliphatic heterocycles. The molecule has 0 saturated heterocycles. The SMILES string of the molecule is CC1CCC(CNC(C)C)(c2ccccc2Br)CC1. The Balaban J connectivity index is 2.26. The van der Waals surface area contributed by atoms with Crippen LogP contribution in [0.2, 0.25) is 0 Å². The first kappa shape index (κ1) is 15.1. The second-order valence-electron chi connectivity index (χ2n) is 6.48. The summed E-state index contributed by atoms with van der Waals surface area (Å²) in [7, 11) is 0. The zero-order valence-electron chi connectivity index (χ0n) is 12.4. The summed E-state index contributed by atoms with van der Waals surface area (Å²) in [6, 6.07) is 9.34. The fraction of sp³-hybridized carbons (Fsp3) is 0.647. The van der Waals surface area contributed by atoms with Crippen LogP contribution < -0.4 is 5.32 Å². The zero-order chi connectivity index (χ0) is 13.9. The molecule has 1 aliphatic rings. The van der Waals surface area contributed by atoms with Crippen LogP contribution in [0.25, 0.3) is 0 Å². The van der Waals surface area contributed by atoms with Crippen LogP contribution in [-0.2, 0) is 5.41 Å². The maximum Gasteiger partial charge on any atom is 0.0213 e. The van der Waals surface area contributed by atoms with E-state index in [1.807, 2.05) is 0 Å². The third kappa shape index (κ3) is 3.61. The second kappa shape index (κ2) is 6.41. The van der Waals surface area contributed by atoms with Gasteiger partial charge in [-0.3, -0.25) is 0 Å². The summed E-state index contributed by atoms with van der Waals surface area (Å²) in [5.74, 6) is 0.884. The Labute approximate surface area is 126 Å². The standard InChI is InChI=1S/C17H26BrN/c1-13(2)19-12-17(10-8-14(3)9-11-17)15-6-4-5-7-16(15)18/h4-7,13-14,19H,8-12H2,1-3H3. The summed E-state index contributed by atoms with van der Waals surface area (Å²) in [5, 5.41) is 3.68. The van der Waals surface area contributed by atoms with E-state index in [4.69, 9.17) is 0 Å². The van der Waals surface area contributed by atoms with Crippen molar-refractivity contribution in [1.82, 2.24) is 5.32 Å². The average molecular weight is 324 g/mol. The lowest BCUT2D eigenvalue weighted by Crippen LogP contribution is -2.43. The van der Waals surface area contributed by atoms with E-state index in [2.05, 4.69) is 66.3 Å². The predicted molar refractivity (Wildman–Crippen MR) is 86.6 cm³/mol. The van der Waals surface area contributed by atoms with Crippen LogP contribution >= 0.6 is 15.9 Å². The average Bonchev–Trinajstić information content (AvgIpc) is 2.39. The molecule has 106 valence electrons. The minimum atomic E-state index is 0.316. The van der Waals surface area contributed by atoms with Crippen LogP contribution in [0.15, 0.2) is 28.7 Å². The molecular formula is C17H26BrN. The van der Waals surface area contributed by atoms with Gasteiger partial charge >= 0.3 is 0 Å². The topological polar surface area (TPSA) is 12.0 Å². The summed E-state index contributed by atoms with van der Waals surface area (Å²) >= 11 is 3.76. The Kier molecular flexibility index (Phi) is 5.08. The number of halogens is 1. The molecule has 0 radical (unpaired) electrons. The highest BCUT2D eigenvalue weighted by Crippen LogP contribution is 2.43. The van der Waals surface area contributed by atoms with Crippen molar-refractivity contribution in [1.29, 1.82) is 0 Å². The van der Waals surface area contributed by atoms with E-state index in [1.54, 1.807) is 0 Å². The first-order valence-electron chi connectivity index (χ1n) is 7.52. The van der Waals surface area contributed by atoms with E-state index in [-0.39, 0.29) is 0 Å². The van der Waals surface area contributed by atoms with Gasteiger partial charge in [0.2, 0.25) is 0 Å². The Morgan fingerprint density at radius 3 is 2.47 bits per heavy atom. The van der Waals surface area contributed by atoms with Gasteiger partial charge in [0, 0.05) is 22.5 Å². The van der Waals surface area contributed by atoms with E-state index < -0.39 is 0 Å². The van der Waals surface area contributed by atoms with Crippen LogP contribution in [0.1, 0.15) is 52.0 Å². The fourth-order valence-corrected chi connectivity index (χ4v) is 3.85. The molecule has 0 unspecified atom stereocenters. The molecule has 0 spiro atoms. The van der Waals surface area contributed by atoms with Gasteiger partial charge in [-0.15, -0.1) is 0 Å². The van der Waals surface area contributed by atoms with E-state index in [0.29, 0.717) is 11.5 Å². The number of rotatable bonds is 4. The van der Waals surface area contributed by atoms with Gasteiger partial charge in [-0.25, -0.2) is 0 Å². The lowest BCUT2D eigenvalue weighted by Gasteiger charge is -2.41. The third-order valence-corrected chi connectivity index (χ3v) is 5.22. The van der Waals surface area contributed by atoms with Gasteiger partial charge in [0.15, 0.2) is 0 Å². The van der Waals surface area contributed by atoms with Gasteiger partial charge in [0.25, 0.3) is 0 Å². The predicted octanol–water partition coefficient (Wildman–Crippen LogP) is 4.90. The Morgan fingerprint density at radius 1 is 1.26 bits per heavy atom. The minimum absolute atomic E-state index is 0.316. The van der Waals surface area contributed by atoms with E-state index in [9.17, 15) is 0 Å². The van der Waals surface area contributed by atoms with E-state index in [0.717, 1.165) is 12.5 Å². The van der Waals surface area contributed by atoms with Gasteiger partial charge in [0.05, 0.1) is 0 Å². The molecule has 2 heteroatoms. The van der Waals surface area contributed by atoms with Crippen LogP contribution in [0, 0.1) is 5.92 Å². The molecule has 1 fully saturated rings. The van der Waals surface area contributed by atoms with Gasteiger partial charge in [-0.2, -0.15) is 0 Å². The molecule has 1 nitrogen and oxygen atoms in total. The molecule has 0 amide bonds. The highest BCUT2D eigenvalue weighted by atomic mass is 79.9. The lowest BCUT2D eigenvalue weighted by atomic mass is 9.67. The lowest BCUT2D eigenvalue weighted by molar-refractivity contribution is 0.229. The third-order valence-electron chi connectivity index (χ3n) is 4.53. The summed E-state index contributed by atoms with van der Waals surface area (Å²) in [5.41, 5.74) is 1.81. The van der Waals surface area contributed by atoms with Crippen LogP contribution in [-0.4, -0.2) is 12.6 Å². The van der Waals surface area contributed by atoms with Crippen molar-refractivity contribution in [3.05, 3.63) is 34.3 Å². The van der Waals surface area contributed by atoms with E-state index >= 15 is 0 Å². The minimum Gasteiger partial charge on any atom is -0.314 e. The van der Waals surface area contributed by atoms with E-state index in [1.165, 1.54) is 35.7 Å². The fourth-order valence-electron chi connectivity index (χ4n) is 3.15. The number of hydrogen-bond acceptors (Lipinski definition) is 1. The van der Waals surface area contributed by atoms with Gasteiger partial charge in [-0.05, 0) is 43.2 Å². The monoisotopic (exact) mass is 323 g/mol. The van der Waals surface area contributed by atoms with Crippen molar-refractivity contribution in [3.63, 3.8) is 0 Å². The van der Waals surface area contributed by atoms with Crippen molar-refractivity contribution in [2.75, 3.05) is 6.54 Å². The van der Waals surface area contributed by atoms with Crippen molar-refractivity contribution in [2.45, 2.75) is 57.9 Å². The molecule has 0 bridgehead atoms. The Morgan fingerprint density at radius 2 is 1.89 bits per heavy atom. The smallest absolute Gasteiger partial charge is 0.0213 e. The molecule has 1 saturated carbocycles. The molecule has 2 rings (SSSR count). The molecule has 1 aliphatic carbocycles. The molecular weight excluding hydrogens is 298 g/mol. The first-order valence-corrected chi connectivity index (χ1v) is 8.31. The molecule has 0 aromatic heterocycles. The number of nitrogens with one attached hydrogen (secondary N) is 1. The van der Waals surface area contributed by atoms with Crippen LogP contribution in [0.5, 0.6) is 0 Å². The van der Waals surface area contributed by atoms with Gasteiger partial charge in [-0.1, -0.05) is 54.9 Å². The van der Waals surface area contributed by atoms with Gasteiger partial charge < -0.3 is 5.32 Å². The normalized spacial score (nSPS) is 27.7.